The molecule has 2 heterocycles. The third-order valence-electron chi connectivity index (χ3n) is 4.94. The van der Waals surface area contributed by atoms with E-state index in [0.717, 1.165) is 6.07 Å². The summed E-state index contributed by atoms with van der Waals surface area (Å²) in [5, 5.41) is 0.512. The van der Waals surface area contributed by atoms with Gasteiger partial charge in [0.1, 0.15) is 5.82 Å². The Bertz CT molecular complexity index is 1080. The lowest BCUT2D eigenvalue weighted by atomic mass is 10.0. The van der Waals surface area contributed by atoms with Gasteiger partial charge < -0.3 is 4.57 Å². The summed E-state index contributed by atoms with van der Waals surface area (Å²) >= 11 is 6.06. The molecule has 0 aliphatic heterocycles. The van der Waals surface area contributed by atoms with Gasteiger partial charge in [0.05, 0.1) is 21.5 Å². The van der Waals surface area contributed by atoms with Gasteiger partial charge in [-0.15, -0.1) is 0 Å². The molecule has 0 saturated heterocycles. The molecule has 4 rings (SSSR count). The highest BCUT2D eigenvalue weighted by Gasteiger charge is 2.31. The molecule has 0 N–H and O–H groups in total. The van der Waals surface area contributed by atoms with Gasteiger partial charge in [0, 0.05) is 31.0 Å². The number of pyridine rings is 1. The molecule has 1 aromatic carbocycles. The molecular weight excluding hydrogens is 422 g/mol. The van der Waals surface area contributed by atoms with Crippen LogP contribution in [0.1, 0.15) is 44.1 Å². The van der Waals surface area contributed by atoms with Gasteiger partial charge in [-0.25, -0.2) is 14.4 Å². The lowest BCUT2D eigenvalue weighted by molar-refractivity contribution is -0.138. The third kappa shape index (κ3) is 4.98. The normalized spacial score (nSPS) is 14.3. The number of fused-ring (bicyclic) bond motifs is 1. The van der Waals surface area contributed by atoms with Crippen LogP contribution >= 0.6 is 11.6 Å². The van der Waals surface area contributed by atoms with Crippen molar-refractivity contribution in [3.8, 4) is 11.4 Å². The summed E-state index contributed by atoms with van der Waals surface area (Å²) < 4.78 is 53.1. The summed E-state index contributed by atoms with van der Waals surface area (Å²) in [5.74, 6) is -1.07. The van der Waals surface area contributed by atoms with Crippen molar-refractivity contribution in [3.05, 3.63) is 57.5 Å². The number of aryl methyl sites for hydroxylation is 1. The smallest absolute Gasteiger partial charge is 0.317 e. The van der Waals surface area contributed by atoms with Gasteiger partial charge in [-0.3, -0.25) is 4.79 Å². The minimum absolute atomic E-state index is 0.0539. The fraction of sp³-hybridized carbons (Fsp3) is 0.381. The number of hydrogen-bond donors (Lipinski definition) is 0. The third-order valence-corrected chi connectivity index (χ3v) is 5.24. The lowest BCUT2D eigenvalue weighted by Crippen LogP contribution is -2.16. The van der Waals surface area contributed by atoms with Crippen molar-refractivity contribution < 1.29 is 17.6 Å². The van der Waals surface area contributed by atoms with Crippen LogP contribution in [0, 0.1) is 5.82 Å². The van der Waals surface area contributed by atoms with Crippen LogP contribution in [0.25, 0.3) is 22.2 Å². The van der Waals surface area contributed by atoms with Crippen LogP contribution in [0.4, 0.5) is 17.6 Å². The summed E-state index contributed by atoms with van der Waals surface area (Å²) in [5.41, 5.74) is -1.64. The number of benzene rings is 1. The van der Waals surface area contributed by atoms with Crippen molar-refractivity contribution in [2.75, 3.05) is 0 Å². The zero-order valence-corrected chi connectivity index (χ0v) is 17.0. The Morgan fingerprint density at radius 2 is 1.50 bits per heavy atom. The molecule has 0 unspecified atom stereocenters. The van der Waals surface area contributed by atoms with E-state index in [1.807, 2.05) is 0 Å². The summed E-state index contributed by atoms with van der Waals surface area (Å²) in [4.78, 5) is 19.1. The Morgan fingerprint density at radius 1 is 0.967 bits per heavy atom. The maximum absolute atomic E-state index is 14.3. The maximum Gasteiger partial charge on any atom is 0.419 e. The predicted molar refractivity (Wildman–Crippen MR) is 108 cm³/mol. The van der Waals surface area contributed by atoms with Crippen molar-refractivity contribution in [2.45, 2.75) is 44.7 Å². The summed E-state index contributed by atoms with van der Waals surface area (Å²) in [6.45, 7) is 0. The lowest BCUT2D eigenvalue weighted by Gasteiger charge is -2.09. The fourth-order valence-corrected chi connectivity index (χ4v) is 3.58. The first-order valence-corrected chi connectivity index (χ1v) is 9.94. The topological polar surface area (TPSA) is 47.8 Å². The predicted octanol–water partition coefficient (Wildman–Crippen LogP) is 6.15. The molecule has 2 aromatic heterocycles. The molecule has 0 bridgehead atoms. The Morgan fingerprint density at radius 3 is 2.00 bits per heavy atom. The van der Waals surface area contributed by atoms with Crippen LogP contribution < -0.4 is 5.56 Å². The SMILES string of the molecule is C1CCCCC1.Cn1cc(Cl)c2cc(-c3ncc(C(F)(F)F)cn3)c(F)cc2c1=O. The Labute approximate surface area is 175 Å². The van der Waals surface area contributed by atoms with E-state index >= 15 is 0 Å². The molecule has 4 nitrogen and oxygen atoms in total. The van der Waals surface area contributed by atoms with E-state index in [1.165, 1.54) is 62.4 Å². The molecule has 0 radical (unpaired) electrons. The van der Waals surface area contributed by atoms with Crippen LogP contribution in [0.15, 0.2) is 35.5 Å². The Hall–Kier alpha value is -2.48. The highest BCUT2D eigenvalue weighted by molar-refractivity contribution is 6.35. The van der Waals surface area contributed by atoms with Crippen LogP contribution in [0.3, 0.4) is 0 Å². The molecular formula is C21H20ClF4N3O. The molecule has 0 atom stereocenters. The second-order valence-electron chi connectivity index (χ2n) is 7.19. The van der Waals surface area contributed by atoms with Crippen molar-refractivity contribution in [2.24, 2.45) is 7.05 Å². The highest BCUT2D eigenvalue weighted by atomic mass is 35.5. The standard InChI is InChI=1S/C15H8ClF4N3O.C6H12/c1-23-6-11(16)8-2-10(12(17)3-9(8)14(23)24)13-21-4-7(5-22-13)15(18,19)20;1-2-4-6-5-3-1/h2-6H,1H3;1-6H2. The first-order chi connectivity index (χ1) is 14.2. The van der Waals surface area contributed by atoms with Crippen LogP contribution in [-0.4, -0.2) is 14.5 Å². The number of alkyl halides is 3. The molecule has 9 heteroatoms. The molecule has 0 spiro atoms. The average molecular weight is 442 g/mol. The first kappa shape index (κ1) is 22.2. The zero-order chi connectivity index (χ0) is 21.9. The van der Waals surface area contributed by atoms with Crippen molar-refractivity contribution in [3.63, 3.8) is 0 Å². The van der Waals surface area contributed by atoms with E-state index in [9.17, 15) is 22.4 Å². The first-order valence-electron chi connectivity index (χ1n) is 9.56. The maximum atomic E-state index is 14.3. The Balaban J connectivity index is 0.000000367. The Kier molecular flexibility index (Phi) is 6.75. The second-order valence-corrected chi connectivity index (χ2v) is 7.59. The van der Waals surface area contributed by atoms with E-state index in [2.05, 4.69) is 9.97 Å². The summed E-state index contributed by atoms with van der Waals surface area (Å²) in [6.07, 6.45) is 6.91. The minimum atomic E-state index is -4.59. The van der Waals surface area contributed by atoms with E-state index in [0.29, 0.717) is 12.4 Å². The molecule has 1 fully saturated rings. The van der Waals surface area contributed by atoms with Crippen molar-refractivity contribution >= 4 is 22.4 Å². The average Bonchev–Trinajstić information content (AvgIpc) is 2.73. The number of hydrogen-bond acceptors (Lipinski definition) is 3. The van der Waals surface area contributed by atoms with Gasteiger partial charge in [0.15, 0.2) is 5.82 Å². The van der Waals surface area contributed by atoms with E-state index in [1.54, 1.807) is 0 Å². The largest absolute Gasteiger partial charge is 0.419 e. The van der Waals surface area contributed by atoms with E-state index < -0.39 is 23.1 Å². The van der Waals surface area contributed by atoms with Gasteiger partial charge in [-0.1, -0.05) is 50.1 Å². The minimum Gasteiger partial charge on any atom is -0.317 e. The second kappa shape index (κ2) is 9.12. The molecule has 1 aliphatic carbocycles. The number of halogens is 5. The van der Waals surface area contributed by atoms with Gasteiger partial charge in [-0.05, 0) is 12.1 Å². The number of nitrogens with zero attached hydrogens (tertiary/aromatic N) is 3. The van der Waals surface area contributed by atoms with Crippen molar-refractivity contribution in [1.82, 2.24) is 14.5 Å². The molecule has 0 amide bonds. The van der Waals surface area contributed by atoms with Crippen LogP contribution in [0.5, 0.6) is 0 Å². The summed E-state index contributed by atoms with van der Waals surface area (Å²) in [6, 6.07) is 2.22. The highest BCUT2D eigenvalue weighted by Crippen LogP contribution is 2.31. The molecule has 3 aromatic rings. The fourth-order valence-electron chi connectivity index (χ4n) is 3.28. The van der Waals surface area contributed by atoms with Gasteiger partial charge in [0.2, 0.25) is 0 Å². The molecule has 1 aliphatic rings. The summed E-state index contributed by atoms with van der Waals surface area (Å²) in [7, 11) is 1.47. The van der Waals surface area contributed by atoms with Crippen LogP contribution in [-0.2, 0) is 13.2 Å². The van der Waals surface area contributed by atoms with E-state index in [4.69, 9.17) is 11.6 Å². The molecule has 160 valence electrons. The number of aromatic nitrogens is 3. The van der Waals surface area contributed by atoms with Gasteiger partial charge in [-0.2, -0.15) is 13.2 Å². The quantitative estimate of drug-likeness (QED) is 0.426. The zero-order valence-electron chi connectivity index (χ0n) is 16.3. The van der Waals surface area contributed by atoms with Gasteiger partial charge >= 0.3 is 6.18 Å². The monoisotopic (exact) mass is 441 g/mol. The molecule has 1 saturated carbocycles. The number of rotatable bonds is 1. The van der Waals surface area contributed by atoms with E-state index in [-0.39, 0.29) is 27.2 Å². The van der Waals surface area contributed by atoms with Crippen LogP contribution in [0.2, 0.25) is 5.02 Å². The van der Waals surface area contributed by atoms with Gasteiger partial charge in [0.25, 0.3) is 5.56 Å². The molecule has 30 heavy (non-hydrogen) atoms. The van der Waals surface area contributed by atoms with Crippen molar-refractivity contribution in [1.29, 1.82) is 0 Å².